The first kappa shape index (κ1) is 25.4. The second kappa shape index (κ2) is 10.1. The largest absolute Gasteiger partial charge is 0.477 e. The number of nitrogens with zero attached hydrogens (tertiary/aromatic N) is 3. The molecule has 2 aliphatic heterocycles. The molecule has 1 aromatic heterocycles. The number of aliphatic carboxylic acids is 1. The summed E-state index contributed by atoms with van der Waals surface area (Å²) in [4.78, 5) is 38.4. The van der Waals surface area contributed by atoms with Crippen molar-refractivity contribution in [2.45, 2.75) is 27.9 Å². The number of thioether (sulfide) groups is 2. The Labute approximate surface area is 212 Å². The molecule has 35 heavy (non-hydrogen) atoms. The summed E-state index contributed by atoms with van der Waals surface area (Å²) in [6.45, 7) is 0. The summed E-state index contributed by atoms with van der Waals surface area (Å²) in [6, 6.07) is 6.07. The Morgan fingerprint density at radius 2 is 2.03 bits per heavy atom. The number of aromatic nitrogens is 2. The first-order chi connectivity index (χ1) is 16.5. The minimum absolute atomic E-state index is 0.00121. The number of nitrogens with one attached hydrogen (secondary N) is 1. The van der Waals surface area contributed by atoms with Crippen LogP contribution in [0, 0.1) is 0 Å². The minimum Gasteiger partial charge on any atom is -0.477 e. The van der Waals surface area contributed by atoms with Crippen LogP contribution < -0.4 is 11.1 Å². The lowest BCUT2D eigenvalue weighted by molar-refractivity contribution is -0.150. The lowest BCUT2D eigenvalue weighted by Crippen LogP contribution is -2.70. The molecule has 2 aromatic rings. The number of carbonyl (C=O) groups excluding carboxylic acids is 2. The first-order valence-corrected chi connectivity index (χ1v) is 14.4. The molecule has 4 rings (SSSR count). The number of β-lactam (4-membered cyclic amide) rings is 1. The number of carboxylic acids is 1. The maximum atomic E-state index is 12.8. The molecular formula is C19H19N5O7S4. The van der Waals surface area contributed by atoms with Crippen LogP contribution in [0.15, 0.2) is 39.9 Å². The fourth-order valence-electron chi connectivity index (χ4n) is 3.55. The van der Waals surface area contributed by atoms with E-state index < -0.39 is 39.2 Å². The Hall–Kier alpha value is -2.66. The zero-order valence-electron chi connectivity index (χ0n) is 17.8. The van der Waals surface area contributed by atoms with Crippen LogP contribution in [0.3, 0.4) is 0 Å². The van der Waals surface area contributed by atoms with Gasteiger partial charge in [0.1, 0.15) is 27.9 Å². The fourth-order valence-corrected chi connectivity index (χ4v) is 7.78. The molecule has 5 N–H and O–H groups in total. The minimum atomic E-state index is -4.24. The Morgan fingerprint density at radius 1 is 1.29 bits per heavy atom. The van der Waals surface area contributed by atoms with Gasteiger partial charge in [-0.25, -0.2) is 4.79 Å². The van der Waals surface area contributed by atoms with Crippen LogP contribution in [-0.2, 0) is 36.7 Å². The topological polar surface area (TPSA) is 193 Å². The van der Waals surface area contributed by atoms with Crippen LogP contribution in [0.1, 0.15) is 10.6 Å². The van der Waals surface area contributed by atoms with E-state index in [-0.39, 0.29) is 28.8 Å². The van der Waals surface area contributed by atoms with E-state index in [2.05, 4.69) is 15.5 Å². The van der Waals surface area contributed by atoms with E-state index in [0.717, 1.165) is 23.1 Å². The first-order valence-electron chi connectivity index (χ1n) is 9.96. The van der Waals surface area contributed by atoms with Crippen LogP contribution in [0.2, 0.25) is 0 Å². The van der Waals surface area contributed by atoms with Crippen molar-refractivity contribution in [3.8, 4) is 0 Å². The Balaban J connectivity index is 1.41. The molecule has 16 heteroatoms. The number of hydrogen-bond donors (Lipinski definition) is 4. The molecule has 186 valence electrons. The van der Waals surface area contributed by atoms with Gasteiger partial charge in [-0.05, 0) is 17.2 Å². The normalized spacial score (nSPS) is 19.8. The van der Waals surface area contributed by atoms with E-state index in [1.54, 1.807) is 24.3 Å². The maximum Gasteiger partial charge on any atom is 0.352 e. The molecule has 0 saturated carbocycles. The molecule has 1 unspecified atom stereocenters. The lowest BCUT2D eigenvalue weighted by Gasteiger charge is -2.49. The van der Waals surface area contributed by atoms with Gasteiger partial charge in [0.25, 0.3) is 16.0 Å². The molecule has 1 fully saturated rings. The molecule has 2 aliphatic rings. The smallest absolute Gasteiger partial charge is 0.352 e. The quantitative estimate of drug-likeness (QED) is 0.145. The van der Waals surface area contributed by atoms with Gasteiger partial charge in [0.15, 0.2) is 4.34 Å². The molecule has 0 radical (unpaired) electrons. The number of hydrogen-bond acceptors (Lipinski definition) is 11. The summed E-state index contributed by atoms with van der Waals surface area (Å²) >= 11 is 3.46. The summed E-state index contributed by atoms with van der Waals surface area (Å²) in [7, 11) is -4.24. The molecule has 0 spiro atoms. The zero-order valence-corrected chi connectivity index (χ0v) is 21.0. The van der Waals surface area contributed by atoms with Crippen LogP contribution in [0.4, 0.5) is 5.69 Å². The van der Waals surface area contributed by atoms with Crippen molar-refractivity contribution in [3.63, 3.8) is 0 Å². The number of anilines is 1. The number of nitrogen functional groups attached to an aromatic ring is 1. The molecular weight excluding hydrogens is 539 g/mol. The molecule has 1 saturated heterocycles. The number of nitrogens with two attached hydrogens (primary N) is 1. The SMILES string of the molecule is Nc1ccccc1CC(=O)NC1C(=O)N2C(C(=O)O)=C(CSc3nnc(CS(=O)(=O)O)s3)CS[C@H]12. The van der Waals surface area contributed by atoms with Crippen molar-refractivity contribution in [2.24, 2.45) is 0 Å². The average molecular weight is 558 g/mol. The zero-order chi connectivity index (χ0) is 25.3. The predicted octanol–water partition coefficient (Wildman–Crippen LogP) is 0.582. The standard InChI is InChI=1S/C19H19N5O7S4/c20-11-4-2-1-3-9(11)5-12(25)21-14-16(26)24-15(18(27)28)10(6-32-17(14)24)7-33-19-23-22-13(34-19)8-35(29,30)31/h1-4,14,17H,5-8,20H2,(H,21,25)(H,27,28)(H,29,30,31)/t14?,17-/m1/s1. The average Bonchev–Trinajstić information content (AvgIpc) is 3.22. The highest BCUT2D eigenvalue weighted by Crippen LogP contribution is 2.41. The van der Waals surface area contributed by atoms with E-state index in [9.17, 15) is 27.9 Å². The van der Waals surface area contributed by atoms with E-state index in [0.29, 0.717) is 26.9 Å². The summed E-state index contributed by atoms with van der Waals surface area (Å²) < 4.78 is 31.3. The van der Waals surface area contributed by atoms with Crippen molar-refractivity contribution < 1.29 is 32.5 Å². The van der Waals surface area contributed by atoms with Gasteiger partial charge in [-0.15, -0.1) is 22.0 Å². The number of carbonyl (C=O) groups is 3. The van der Waals surface area contributed by atoms with Crippen molar-refractivity contribution in [3.05, 3.63) is 46.1 Å². The van der Waals surface area contributed by atoms with Crippen molar-refractivity contribution in [2.75, 3.05) is 17.2 Å². The van der Waals surface area contributed by atoms with E-state index in [4.69, 9.17) is 10.3 Å². The van der Waals surface area contributed by atoms with Gasteiger partial charge in [-0.1, -0.05) is 41.3 Å². The van der Waals surface area contributed by atoms with E-state index in [1.807, 2.05) is 0 Å². The predicted molar refractivity (Wildman–Crippen MR) is 130 cm³/mol. The number of benzene rings is 1. The number of carboxylic acid groups (broad SMARTS) is 1. The number of para-hydroxylation sites is 1. The third kappa shape index (κ3) is 5.78. The number of fused-ring (bicyclic) bond motifs is 1. The van der Waals surface area contributed by atoms with Gasteiger partial charge < -0.3 is 16.2 Å². The van der Waals surface area contributed by atoms with Crippen molar-refractivity contribution >= 4 is 68.4 Å². The third-order valence-corrected chi connectivity index (χ3v) is 9.40. The summed E-state index contributed by atoms with van der Waals surface area (Å²) in [6.07, 6.45) is -0.00121. The molecule has 3 heterocycles. The van der Waals surface area contributed by atoms with Crippen LogP contribution in [-0.4, -0.2) is 73.9 Å². The highest BCUT2D eigenvalue weighted by molar-refractivity contribution is 8.01. The van der Waals surface area contributed by atoms with Crippen LogP contribution in [0.5, 0.6) is 0 Å². The Bertz CT molecular complexity index is 1330. The number of rotatable bonds is 9. The van der Waals surface area contributed by atoms with Gasteiger partial charge >= 0.3 is 5.97 Å². The van der Waals surface area contributed by atoms with Crippen LogP contribution in [0.25, 0.3) is 0 Å². The lowest BCUT2D eigenvalue weighted by atomic mass is 10.0. The van der Waals surface area contributed by atoms with Gasteiger partial charge in [0.05, 0.1) is 6.42 Å². The Kier molecular flexibility index (Phi) is 7.37. The fraction of sp³-hybridized carbons (Fsp3) is 0.316. The second-order valence-electron chi connectivity index (χ2n) is 7.56. The maximum absolute atomic E-state index is 12.8. The molecule has 0 aliphatic carbocycles. The number of amides is 2. The molecule has 1 aromatic carbocycles. The summed E-state index contributed by atoms with van der Waals surface area (Å²) in [5, 5.41) is 19.6. The van der Waals surface area contributed by atoms with Gasteiger partial charge in [-0.3, -0.25) is 19.0 Å². The van der Waals surface area contributed by atoms with E-state index in [1.165, 1.54) is 16.7 Å². The molecule has 2 amide bonds. The van der Waals surface area contributed by atoms with Crippen molar-refractivity contribution in [1.29, 1.82) is 0 Å². The van der Waals surface area contributed by atoms with Crippen LogP contribution >= 0.6 is 34.9 Å². The molecule has 12 nitrogen and oxygen atoms in total. The van der Waals surface area contributed by atoms with Gasteiger partial charge in [0.2, 0.25) is 5.91 Å². The van der Waals surface area contributed by atoms with Gasteiger partial charge in [0, 0.05) is 17.2 Å². The highest BCUT2D eigenvalue weighted by Gasteiger charge is 2.54. The second-order valence-corrected chi connectivity index (χ2v) is 12.4. The van der Waals surface area contributed by atoms with Gasteiger partial charge in [-0.2, -0.15) is 8.42 Å². The Morgan fingerprint density at radius 3 is 2.71 bits per heavy atom. The third-order valence-electron chi connectivity index (χ3n) is 5.10. The highest BCUT2D eigenvalue weighted by atomic mass is 32.2. The van der Waals surface area contributed by atoms with E-state index >= 15 is 0 Å². The summed E-state index contributed by atoms with van der Waals surface area (Å²) in [5.74, 6) is -2.31. The molecule has 0 bridgehead atoms. The van der Waals surface area contributed by atoms with Crippen molar-refractivity contribution in [1.82, 2.24) is 20.4 Å². The summed E-state index contributed by atoms with van der Waals surface area (Å²) in [5.41, 5.74) is 7.32. The molecule has 2 atom stereocenters. The monoisotopic (exact) mass is 557 g/mol.